The van der Waals surface area contributed by atoms with Crippen LogP contribution in [0.5, 0.6) is 0 Å². The maximum Gasteiger partial charge on any atom is 0.149 e. The fraction of sp³-hybridized carbons (Fsp3) is 0.444. The number of benzene rings is 2. The molecule has 0 aliphatic rings. The Morgan fingerprint density at radius 2 is 1.82 bits per heavy atom. The Morgan fingerprint density at radius 1 is 1.12 bits per heavy atom. The van der Waals surface area contributed by atoms with E-state index in [2.05, 4.69) is 25.7 Å². The van der Waals surface area contributed by atoms with Crippen molar-refractivity contribution in [3.63, 3.8) is 0 Å². The monoisotopic (exact) mass is 470 g/mol. The zero-order chi connectivity index (χ0) is 24.9. The number of halogens is 2. The molecule has 0 fully saturated rings. The van der Waals surface area contributed by atoms with E-state index in [1.807, 2.05) is 30.3 Å². The first-order valence-corrected chi connectivity index (χ1v) is 11.8. The molecule has 34 heavy (non-hydrogen) atoms. The van der Waals surface area contributed by atoms with Gasteiger partial charge < -0.3 is 10.8 Å². The van der Waals surface area contributed by atoms with E-state index in [0.29, 0.717) is 26.1 Å². The smallest absolute Gasteiger partial charge is 0.149 e. The van der Waals surface area contributed by atoms with Crippen LogP contribution in [-0.4, -0.2) is 45.5 Å². The quantitative estimate of drug-likeness (QED) is 0.444. The second kappa shape index (κ2) is 11.2. The summed E-state index contributed by atoms with van der Waals surface area (Å²) >= 11 is 0. The van der Waals surface area contributed by atoms with Gasteiger partial charge in [-0.15, -0.1) is 0 Å². The normalized spacial score (nSPS) is 13.9. The van der Waals surface area contributed by atoms with Gasteiger partial charge in [0, 0.05) is 31.8 Å². The molecule has 2 atom stereocenters. The van der Waals surface area contributed by atoms with Gasteiger partial charge in [0.05, 0.1) is 17.8 Å². The minimum atomic E-state index is -0.544. The summed E-state index contributed by atoms with van der Waals surface area (Å²) in [5, 5.41) is 15.1. The van der Waals surface area contributed by atoms with E-state index in [-0.39, 0.29) is 17.1 Å². The fourth-order valence-corrected chi connectivity index (χ4v) is 4.48. The summed E-state index contributed by atoms with van der Waals surface area (Å²) in [6, 6.07) is 13.2. The summed E-state index contributed by atoms with van der Waals surface area (Å²) in [5.41, 5.74) is 8.44. The third-order valence-corrected chi connectivity index (χ3v) is 5.81. The second-order valence-electron chi connectivity index (χ2n) is 10.00. The number of aromatic nitrogens is 2. The number of nitrogens with two attached hydrogens (primary N) is 1. The molecule has 5 nitrogen and oxygen atoms in total. The van der Waals surface area contributed by atoms with Gasteiger partial charge in [-0.2, -0.15) is 5.10 Å². The number of hydrogen-bond acceptors (Lipinski definition) is 4. The van der Waals surface area contributed by atoms with Crippen molar-refractivity contribution in [2.75, 3.05) is 19.6 Å². The molecular formula is C27H36F2N4O. The van der Waals surface area contributed by atoms with Crippen molar-refractivity contribution in [2.24, 2.45) is 11.1 Å². The van der Waals surface area contributed by atoms with Crippen LogP contribution in [-0.2, 0) is 6.42 Å². The van der Waals surface area contributed by atoms with Gasteiger partial charge in [-0.25, -0.2) is 13.5 Å². The Bertz CT molecular complexity index is 1060. The number of aliphatic hydroxyl groups is 1. The van der Waals surface area contributed by atoms with Crippen molar-refractivity contribution in [1.29, 1.82) is 0 Å². The van der Waals surface area contributed by atoms with E-state index in [9.17, 15) is 13.9 Å². The average molecular weight is 471 g/mol. The number of nitrogens with zero attached hydrogens (tertiary/aromatic N) is 3. The molecule has 1 aromatic heterocycles. The molecule has 0 bridgehead atoms. The van der Waals surface area contributed by atoms with E-state index >= 15 is 0 Å². The van der Waals surface area contributed by atoms with Gasteiger partial charge in [0.25, 0.3) is 0 Å². The van der Waals surface area contributed by atoms with Gasteiger partial charge >= 0.3 is 0 Å². The van der Waals surface area contributed by atoms with Crippen molar-refractivity contribution in [1.82, 2.24) is 14.7 Å². The van der Waals surface area contributed by atoms with E-state index in [4.69, 9.17) is 10.8 Å². The van der Waals surface area contributed by atoms with Crippen LogP contribution in [0.1, 0.15) is 57.0 Å². The lowest BCUT2D eigenvalue weighted by Gasteiger charge is -2.40. The lowest BCUT2D eigenvalue weighted by atomic mass is 9.81. The molecule has 3 N–H and O–H groups in total. The molecular weight excluding hydrogens is 434 g/mol. The van der Waals surface area contributed by atoms with Crippen LogP contribution in [0.4, 0.5) is 8.78 Å². The predicted octanol–water partition coefficient (Wildman–Crippen LogP) is 4.86. The van der Waals surface area contributed by atoms with Crippen molar-refractivity contribution >= 4 is 0 Å². The predicted molar refractivity (Wildman–Crippen MR) is 132 cm³/mol. The van der Waals surface area contributed by atoms with Crippen LogP contribution in [0, 0.1) is 17.0 Å². The van der Waals surface area contributed by atoms with E-state index in [1.165, 1.54) is 4.68 Å². The van der Waals surface area contributed by atoms with Crippen LogP contribution < -0.4 is 5.73 Å². The zero-order valence-corrected chi connectivity index (χ0v) is 20.5. The lowest BCUT2D eigenvalue weighted by Crippen LogP contribution is -2.42. The van der Waals surface area contributed by atoms with Crippen molar-refractivity contribution in [3.8, 4) is 5.69 Å². The Labute approximate surface area is 201 Å². The SMILES string of the molecule is C[C@H](O)CN(CCCN)[C@@H](c1nn(-c2cc(F)ccc2F)cc1Cc1ccccc1)C(C)(C)C. The maximum absolute atomic E-state index is 14.7. The number of aliphatic hydroxyl groups excluding tert-OH is 1. The standard InChI is InChI=1S/C27H36F2N4O/c1-19(34)17-32(14-8-13-30)26(27(2,3)4)25-21(15-20-9-6-5-7-10-20)18-33(31-25)24-16-22(28)11-12-23(24)29/h5-7,9-12,16,18-19,26,34H,8,13-15,17,30H2,1-4H3/t19-,26-/m0/s1. The number of rotatable bonds is 10. The molecule has 0 saturated carbocycles. The van der Waals surface area contributed by atoms with Crippen LogP contribution >= 0.6 is 0 Å². The van der Waals surface area contributed by atoms with Crippen LogP contribution in [0.2, 0.25) is 0 Å². The Morgan fingerprint density at radius 3 is 2.44 bits per heavy atom. The molecule has 1 heterocycles. The topological polar surface area (TPSA) is 67.3 Å². The van der Waals surface area contributed by atoms with E-state index < -0.39 is 17.7 Å². The molecule has 3 aromatic rings. The average Bonchev–Trinajstić information content (AvgIpc) is 3.15. The lowest BCUT2D eigenvalue weighted by molar-refractivity contribution is 0.0474. The highest BCUT2D eigenvalue weighted by Gasteiger charge is 2.36. The molecule has 0 aliphatic carbocycles. The van der Waals surface area contributed by atoms with Gasteiger partial charge in [-0.1, -0.05) is 51.1 Å². The summed E-state index contributed by atoms with van der Waals surface area (Å²) in [7, 11) is 0. The van der Waals surface area contributed by atoms with Gasteiger partial charge in [0.2, 0.25) is 0 Å². The van der Waals surface area contributed by atoms with Crippen molar-refractivity contribution in [3.05, 3.63) is 83.2 Å². The zero-order valence-electron chi connectivity index (χ0n) is 20.5. The summed E-state index contributed by atoms with van der Waals surface area (Å²) in [6.07, 6.45) is 2.62. The van der Waals surface area contributed by atoms with Crippen molar-refractivity contribution in [2.45, 2.75) is 52.7 Å². The molecule has 2 aromatic carbocycles. The van der Waals surface area contributed by atoms with Gasteiger partial charge in [-0.05, 0) is 48.6 Å². The van der Waals surface area contributed by atoms with Crippen LogP contribution in [0.25, 0.3) is 5.69 Å². The summed E-state index contributed by atoms with van der Waals surface area (Å²) in [5.74, 6) is -1.07. The summed E-state index contributed by atoms with van der Waals surface area (Å²) < 4.78 is 30.1. The molecule has 0 amide bonds. The molecule has 0 spiro atoms. The third kappa shape index (κ3) is 6.50. The summed E-state index contributed by atoms with van der Waals surface area (Å²) in [4.78, 5) is 2.21. The Kier molecular flexibility index (Phi) is 8.57. The maximum atomic E-state index is 14.7. The van der Waals surface area contributed by atoms with Crippen molar-refractivity contribution < 1.29 is 13.9 Å². The minimum absolute atomic E-state index is 0.0669. The Hall–Kier alpha value is -2.61. The molecule has 0 saturated heterocycles. The van der Waals surface area contributed by atoms with Crippen LogP contribution in [0.3, 0.4) is 0 Å². The first-order chi connectivity index (χ1) is 16.1. The molecule has 0 aliphatic heterocycles. The fourth-order valence-electron chi connectivity index (χ4n) is 4.48. The van der Waals surface area contributed by atoms with Crippen LogP contribution in [0.15, 0.2) is 54.7 Å². The molecule has 0 radical (unpaired) electrons. The third-order valence-electron chi connectivity index (χ3n) is 5.81. The largest absolute Gasteiger partial charge is 0.392 e. The molecule has 0 unspecified atom stereocenters. The Balaban J connectivity index is 2.17. The number of hydrogen-bond donors (Lipinski definition) is 2. The van der Waals surface area contributed by atoms with E-state index in [1.54, 1.807) is 13.1 Å². The molecule has 3 rings (SSSR count). The first-order valence-electron chi connectivity index (χ1n) is 11.8. The highest BCUT2D eigenvalue weighted by atomic mass is 19.1. The summed E-state index contributed by atoms with van der Waals surface area (Å²) in [6.45, 7) is 9.83. The first kappa shape index (κ1) is 26.0. The van der Waals surface area contributed by atoms with Gasteiger partial charge in [0.15, 0.2) is 0 Å². The van der Waals surface area contributed by atoms with Gasteiger partial charge in [-0.3, -0.25) is 4.90 Å². The highest BCUT2D eigenvalue weighted by molar-refractivity contribution is 5.38. The second-order valence-corrected chi connectivity index (χ2v) is 10.00. The van der Waals surface area contributed by atoms with E-state index in [0.717, 1.165) is 41.4 Å². The van der Waals surface area contributed by atoms with Gasteiger partial charge in [0.1, 0.15) is 17.3 Å². The minimum Gasteiger partial charge on any atom is -0.392 e. The molecule has 184 valence electrons. The highest BCUT2D eigenvalue weighted by Crippen LogP contribution is 2.40. The molecule has 7 heteroatoms.